The summed E-state index contributed by atoms with van der Waals surface area (Å²) in [5.41, 5.74) is 8.32. The topological polar surface area (TPSA) is 64.3 Å². The number of nitrogens with two attached hydrogens (primary N) is 1. The molecule has 1 amide bonds. The number of rotatable bonds is 4. The molecule has 0 saturated heterocycles. The highest BCUT2D eigenvalue weighted by molar-refractivity contribution is 5.96. The Morgan fingerprint density at radius 1 is 1.35 bits per heavy atom. The molecule has 110 valence electrons. The van der Waals surface area contributed by atoms with Crippen molar-refractivity contribution >= 4 is 11.6 Å². The van der Waals surface area contributed by atoms with Crippen molar-refractivity contribution in [2.45, 2.75) is 39.5 Å². The number of benzene rings is 1. The van der Waals surface area contributed by atoms with Crippen molar-refractivity contribution in [3.63, 3.8) is 0 Å². The minimum Gasteiger partial charge on any atom is -0.496 e. The SMILES string of the molecule is COc1c(C)ccc(NC(=O)C2(CN)CCCC2)c1C. The summed E-state index contributed by atoms with van der Waals surface area (Å²) in [4.78, 5) is 12.6. The number of nitrogens with one attached hydrogen (secondary N) is 1. The fourth-order valence-corrected chi connectivity index (χ4v) is 3.11. The van der Waals surface area contributed by atoms with Gasteiger partial charge in [0.2, 0.25) is 5.91 Å². The van der Waals surface area contributed by atoms with Crippen molar-refractivity contribution in [3.05, 3.63) is 23.3 Å². The van der Waals surface area contributed by atoms with Crippen LogP contribution in [0.2, 0.25) is 0 Å². The van der Waals surface area contributed by atoms with E-state index in [9.17, 15) is 4.79 Å². The Bertz CT molecular complexity index is 505. The zero-order chi connectivity index (χ0) is 14.8. The molecule has 0 bridgehead atoms. The number of carbonyl (C=O) groups is 1. The van der Waals surface area contributed by atoms with Crippen molar-refractivity contribution in [2.75, 3.05) is 19.0 Å². The van der Waals surface area contributed by atoms with E-state index >= 15 is 0 Å². The fourth-order valence-electron chi connectivity index (χ4n) is 3.11. The van der Waals surface area contributed by atoms with E-state index < -0.39 is 0 Å². The number of hydrogen-bond donors (Lipinski definition) is 2. The van der Waals surface area contributed by atoms with Gasteiger partial charge in [0.25, 0.3) is 0 Å². The number of amides is 1. The van der Waals surface area contributed by atoms with Crippen molar-refractivity contribution in [2.24, 2.45) is 11.1 Å². The molecule has 0 aliphatic heterocycles. The number of anilines is 1. The predicted octanol–water partition coefficient (Wildman–Crippen LogP) is 2.77. The summed E-state index contributed by atoms with van der Waals surface area (Å²) >= 11 is 0. The summed E-state index contributed by atoms with van der Waals surface area (Å²) in [5, 5.41) is 3.05. The lowest BCUT2D eigenvalue weighted by molar-refractivity contribution is -0.124. The van der Waals surface area contributed by atoms with Crippen LogP contribution in [0.3, 0.4) is 0 Å². The minimum atomic E-state index is -0.384. The van der Waals surface area contributed by atoms with Crippen LogP contribution in [-0.2, 0) is 4.79 Å². The van der Waals surface area contributed by atoms with Crippen molar-refractivity contribution in [3.8, 4) is 5.75 Å². The molecule has 0 atom stereocenters. The molecule has 1 aliphatic rings. The molecule has 1 aromatic rings. The standard InChI is InChI=1S/C16H24N2O2/c1-11-6-7-13(12(2)14(11)20-3)18-15(19)16(10-17)8-4-5-9-16/h6-7H,4-5,8-10,17H2,1-3H3,(H,18,19). The average Bonchev–Trinajstić information content (AvgIpc) is 2.92. The maximum atomic E-state index is 12.6. The first-order valence-electron chi connectivity index (χ1n) is 7.20. The predicted molar refractivity (Wildman–Crippen MR) is 81.1 cm³/mol. The Balaban J connectivity index is 2.24. The van der Waals surface area contributed by atoms with Crippen LogP contribution >= 0.6 is 0 Å². The van der Waals surface area contributed by atoms with E-state index in [1.807, 2.05) is 26.0 Å². The summed E-state index contributed by atoms with van der Waals surface area (Å²) < 4.78 is 5.40. The molecule has 0 aromatic heterocycles. The highest BCUT2D eigenvalue weighted by atomic mass is 16.5. The summed E-state index contributed by atoms with van der Waals surface area (Å²) in [6.45, 7) is 4.38. The number of ether oxygens (including phenoxy) is 1. The number of carbonyl (C=O) groups excluding carboxylic acids is 1. The van der Waals surface area contributed by atoms with Crippen molar-refractivity contribution < 1.29 is 9.53 Å². The third-order valence-electron chi connectivity index (χ3n) is 4.49. The minimum absolute atomic E-state index is 0.0477. The second-order valence-electron chi connectivity index (χ2n) is 5.73. The van der Waals surface area contributed by atoms with Gasteiger partial charge in [0.15, 0.2) is 0 Å². The molecule has 20 heavy (non-hydrogen) atoms. The highest BCUT2D eigenvalue weighted by Crippen LogP contribution is 2.39. The second-order valence-corrected chi connectivity index (χ2v) is 5.73. The third kappa shape index (κ3) is 2.52. The van der Waals surface area contributed by atoms with Crippen LogP contribution in [0.1, 0.15) is 36.8 Å². The van der Waals surface area contributed by atoms with E-state index in [0.29, 0.717) is 6.54 Å². The molecule has 2 rings (SSSR count). The Kier molecular flexibility index (Phi) is 4.33. The van der Waals surface area contributed by atoms with E-state index in [2.05, 4.69) is 5.32 Å². The first-order chi connectivity index (χ1) is 9.54. The molecule has 0 heterocycles. The van der Waals surface area contributed by atoms with Gasteiger partial charge < -0.3 is 15.8 Å². The molecular formula is C16H24N2O2. The number of aryl methyl sites for hydroxylation is 1. The summed E-state index contributed by atoms with van der Waals surface area (Å²) in [6, 6.07) is 3.90. The van der Waals surface area contributed by atoms with E-state index in [0.717, 1.165) is 48.2 Å². The van der Waals surface area contributed by atoms with E-state index in [-0.39, 0.29) is 11.3 Å². The van der Waals surface area contributed by atoms with Crippen LogP contribution in [0.25, 0.3) is 0 Å². The van der Waals surface area contributed by atoms with Crippen LogP contribution < -0.4 is 15.8 Å². The lowest BCUT2D eigenvalue weighted by Crippen LogP contribution is -2.40. The Hall–Kier alpha value is -1.55. The molecule has 4 heteroatoms. The van der Waals surface area contributed by atoms with Gasteiger partial charge >= 0.3 is 0 Å². The second kappa shape index (κ2) is 5.83. The van der Waals surface area contributed by atoms with Crippen LogP contribution in [0.4, 0.5) is 5.69 Å². The summed E-state index contributed by atoms with van der Waals surface area (Å²) in [7, 11) is 1.65. The van der Waals surface area contributed by atoms with Crippen LogP contribution in [-0.4, -0.2) is 19.6 Å². The Morgan fingerprint density at radius 2 is 2.00 bits per heavy atom. The van der Waals surface area contributed by atoms with Gasteiger partial charge in [-0.15, -0.1) is 0 Å². The molecule has 4 nitrogen and oxygen atoms in total. The van der Waals surface area contributed by atoms with E-state index in [1.54, 1.807) is 7.11 Å². The zero-order valence-electron chi connectivity index (χ0n) is 12.6. The molecular weight excluding hydrogens is 252 g/mol. The molecule has 0 unspecified atom stereocenters. The fraction of sp³-hybridized carbons (Fsp3) is 0.562. The molecule has 1 aromatic carbocycles. The maximum absolute atomic E-state index is 12.6. The highest BCUT2D eigenvalue weighted by Gasteiger charge is 2.39. The molecule has 1 saturated carbocycles. The molecule has 0 spiro atoms. The van der Waals surface area contributed by atoms with Crippen molar-refractivity contribution in [1.82, 2.24) is 0 Å². The van der Waals surface area contributed by atoms with Gasteiger partial charge in [-0.05, 0) is 38.3 Å². The maximum Gasteiger partial charge on any atom is 0.231 e. The average molecular weight is 276 g/mol. The third-order valence-corrected chi connectivity index (χ3v) is 4.49. The van der Waals surface area contributed by atoms with Gasteiger partial charge in [0, 0.05) is 17.8 Å². The molecule has 3 N–H and O–H groups in total. The zero-order valence-corrected chi connectivity index (χ0v) is 12.6. The summed E-state index contributed by atoms with van der Waals surface area (Å²) in [6.07, 6.45) is 3.94. The van der Waals surface area contributed by atoms with Crippen LogP contribution in [0, 0.1) is 19.3 Å². The normalized spacial score (nSPS) is 17.0. The van der Waals surface area contributed by atoms with Crippen LogP contribution in [0.15, 0.2) is 12.1 Å². The Labute approximate surface area is 120 Å². The van der Waals surface area contributed by atoms with E-state index in [1.165, 1.54) is 0 Å². The lowest BCUT2D eigenvalue weighted by atomic mass is 9.85. The van der Waals surface area contributed by atoms with Crippen molar-refractivity contribution in [1.29, 1.82) is 0 Å². The van der Waals surface area contributed by atoms with Gasteiger partial charge in [-0.3, -0.25) is 4.79 Å². The summed E-state index contributed by atoms with van der Waals surface area (Å²) in [5.74, 6) is 0.877. The van der Waals surface area contributed by atoms with Gasteiger partial charge in [-0.1, -0.05) is 18.9 Å². The monoisotopic (exact) mass is 276 g/mol. The lowest BCUT2D eigenvalue weighted by Gasteiger charge is -2.26. The van der Waals surface area contributed by atoms with Gasteiger partial charge in [-0.2, -0.15) is 0 Å². The first kappa shape index (κ1) is 14.9. The largest absolute Gasteiger partial charge is 0.496 e. The smallest absolute Gasteiger partial charge is 0.231 e. The molecule has 1 fully saturated rings. The van der Waals surface area contributed by atoms with Gasteiger partial charge in [0.1, 0.15) is 5.75 Å². The van der Waals surface area contributed by atoms with Gasteiger partial charge in [0.05, 0.1) is 12.5 Å². The molecule has 0 radical (unpaired) electrons. The van der Waals surface area contributed by atoms with E-state index in [4.69, 9.17) is 10.5 Å². The quantitative estimate of drug-likeness (QED) is 0.888. The number of hydrogen-bond acceptors (Lipinski definition) is 3. The number of methoxy groups -OCH3 is 1. The van der Waals surface area contributed by atoms with Crippen LogP contribution in [0.5, 0.6) is 5.75 Å². The molecule has 1 aliphatic carbocycles. The van der Waals surface area contributed by atoms with Gasteiger partial charge in [-0.25, -0.2) is 0 Å². The Morgan fingerprint density at radius 3 is 2.55 bits per heavy atom. The first-order valence-corrected chi connectivity index (χ1v) is 7.20.